The van der Waals surface area contributed by atoms with E-state index in [0.29, 0.717) is 11.1 Å². The number of rotatable bonds is 4. The van der Waals surface area contributed by atoms with Crippen LogP contribution in [0.1, 0.15) is 59.2 Å². The normalized spacial score (nSPS) is 17.1. The largest absolute Gasteiger partial charge is 0.372 e. The first-order chi connectivity index (χ1) is 14.2. The van der Waals surface area contributed by atoms with Crippen molar-refractivity contribution in [1.82, 2.24) is 4.90 Å². The van der Waals surface area contributed by atoms with Crippen LogP contribution >= 0.6 is 0 Å². The highest BCUT2D eigenvalue weighted by atomic mass is 16.2. The zero-order chi connectivity index (χ0) is 20.1. The van der Waals surface area contributed by atoms with Crippen LogP contribution in [0, 0.1) is 0 Å². The Morgan fingerprint density at radius 3 is 1.83 bits per heavy atom. The molecule has 2 aliphatic rings. The number of hydrogen-bond acceptors (Lipinski definition) is 3. The molecule has 0 bridgehead atoms. The van der Waals surface area contributed by atoms with E-state index in [1.54, 1.807) is 24.3 Å². The van der Waals surface area contributed by atoms with E-state index in [-0.39, 0.29) is 11.8 Å². The molecule has 2 amide bonds. The highest BCUT2D eigenvalue weighted by Crippen LogP contribution is 2.22. The molecule has 2 aromatic rings. The van der Waals surface area contributed by atoms with E-state index in [4.69, 9.17) is 0 Å². The lowest BCUT2D eigenvalue weighted by atomic mass is 10.1. The fraction of sp³-hybridized carbons (Fsp3) is 0.417. The summed E-state index contributed by atoms with van der Waals surface area (Å²) in [6.45, 7) is 3.87. The maximum absolute atomic E-state index is 12.7. The summed E-state index contributed by atoms with van der Waals surface area (Å²) in [6, 6.07) is 15.0. The van der Waals surface area contributed by atoms with Crippen LogP contribution in [0.2, 0.25) is 0 Å². The van der Waals surface area contributed by atoms with Gasteiger partial charge in [-0.1, -0.05) is 12.8 Å². The molecule has 2 heterocycles. The molecule has 5 nitrogen and oxygen atoms in total. The first-order valence-electron chi connectivity index (χ1n) is 10.8. The average molecular weight is 392 g/mol. The molecule has 5 heteroatoms. The molecule has 0 unspecified atom stereocenters. The van der Waals surface area contributed by atoms with Gasteiger partial charge in [0.2, 0.25) is 0 Å². The van der Waals surface area contributed by atoms with Crippen LogP contribution in [0.4, 0.5) is 11.4 Å². The second-order valence-electron chi connectivity index (χ2n) is 7.98. The average Bonchev–Trinajstić information content (AvgIpc) is 3.16. The maximum atomic E-state index is 12.7. The van der Waals surface area contributed by atoms with Crippen molar-refractivity contribution in [2.45, 2.75) is 38.5 Å². The molecule has 0 aromatic heterocycles. The molecule has 0 saturated carbocycles. The Kier molecular flexibility index (Phi) is 6.13. The minimum absolute atomic E-state index is 0.0661. The number of anilines is 2. The summed E-state index contributed by atoms with van der Waals surface area (Å²) in [4.78, 5) is 29.6. The standard InChI is InChI=1S/C24H29N3O2/c28-23(25-21-11-13-22(14-12-21)26-15-5-6-16-26)19-7-9-20(10-8-19)24(29)27-17-3-1-2-4-18-27/h7-14H,1-6,15-18H2,(H,25,28). The lowest BCUT2D eigenvalue weighted by Gasteiger charge is -2.20. The maximum Gasteiger partial charge on any atom is 0.255 e. The van der Waals surface area contributed by atoms with Gasteiger partial charge in [0.15, 0.2) is 0 Å². The number of benzene rings is 2. The number of carbonyl (C=O) groups is 2. The highest BCUT2D eigenvalue weighted by Gasteiger charge is 2.18. The monoisotopic (exact) mass is 391 g/mol. The summed E-state index contributed by atoms with van der Waals surface area (Å²) in [5, 5.41) is 2.94. The molecular weight excluding hydrogens is 362 g/mol. The van der Waals surface area contributed by atoms with Crippen molar-refractivity contribution in [2.75, 3.05) is 36.4 Å². The minimum Gasteiger partial charge on any atom is -0.372 e. The molecule has 0 radical (unpaired) electrons. The van der Waals surface area contributed by atoms with Gasteiger partial charge in [0, 0.05) is 48.7 Å². The van der Waals surface area contributed by atoms with E-state index in [1.165, 1.54) is 31.4 Å². The number of nitrogens with zero attached hydrogens (tertiary/aromatic N) is 2. The number of carbonyl (C=O) groups excluding carboxylic acids is 2. The van der Waals surface area contributed by atoms with Crippen molar-refractivity contribution < 1.29 is 9.59 Å². The molecule has 29 heavy (non-hydrogen) atoms. The molecule has 152 valence electrons. The summed E-state index contributed by atoms with van der Waals surface area (Å²) in [5.74, 6) is -0.0935. The van der Waals surface area contributed by atoms with Crippen LogP contribution in [0.15, 0.2) is 48.5 Å². The number of hydrogen-bond donors (Lipinski definition) is 1. The van der Waals surface area contributed by atoms with Gasteiger partial charge in [0.25, 0.3) is 11.8 Å². The summed E-state index contributed by atoms with van der Waals surface area (Å²) in [6.07, 6.45) is 7.03. The van der Waals surface area contributed by atoms with Gasteiger partial charge in [-0.15, -0.1) is 0 Å². The fourth-order valence-corrected chi connectivity index (χ4v) is 4.15. The van der Waals surface area contributed by atoms with Gasteiger partial charge in [0.05, 0.1) is 0 Å². The molecule has 2 fully saturated rings. The second kappa shape index (κ2) is 9.12. The number of likely N-dealkylation sites (tertiary alicyclic amines) is 1. The van der Waals surface area contributed by atoms with E-state index in [2.05, 4.69) is 22.3 Å². The van der Waals surface area contributed by atoms with Gasteiger partial charge < -0.3 is 15.1 Å². The van der Waals surface area contributed by atoms with Crippen molar-refractivity contribution in [2.24, 2.45) is 0 Å². The van der Waals surface area contributed by atoms with Crippen LogP contribution in [0.25, 0.3) is 0 Å². The first-order valence-corrected chi connectivity index (χ1v) is 10.8. The molecular formula is C24H29N3O2. The van der Waals surface area contributed by atoms with Crippen LogP contribution < -0.4 is 10.2 Å². The Balaban J connectivity index is 1.37. The first kappa shape index (κ1) is 19.5. The summed E-state index contributed by atoms with van der Waals surface area (Å²) >= 11 is 0. The zero-order valence-electron chi connectivity index (χ0n) is 16.9. The van der Waals surface area contributed by atoms with Crippen LogP contribution in [0.3, 0.4) is 0 Å². The summed E-state index contributed by atoms with van der Waals surface area (Å²) in [7, 11) is 0. The van der Waals surface area contributed by atoms with E-state index in [0.717, 1.165) is 44.7 Å². The number of nitrogens with one attached hydrogen (secondary N) is 1. The smallest absolute Gasteiger partial charge is 0.255 e. The van der Waals surface area contributed by atoms with Crippen molar-refractivity contribution in [1.29, 1.82) is 0 Å². The van der Waals surface area contributed by atoms with Crippen molar-refractivity contribution in [3.05, 3.63) is 59.7 Å². The second-order valence-corrected chi connectivity index (χ2v) is 7.98. The Morgan fingerprint density at radius 1 is 0.655 bits per heavy atom. The molecule has 4 rings (SSSR count). The van der Waals surface area contributed by atoms with Crippen LogP contribution in [-0.4, -0.2) is 42.9 Å². The Labute approximate surface area is 172 Å². The van der Waals surface area contributed by atoms with Gasteiger partial charge in [0.1, 0.15) is 0 Å². The lowest BCUT2D eigenvalue weighted by molar-refractivity contribution is 0.0761. The molecule has 2 aliphatic heterocycles. The van der Waals surface area contributed by atoms with Gasteiger partial charge in [-0.3, -0.25) is 9.59 Å². The van der Waals surface area contributed by atoms with E-state index in [9.17, 15) is 9.59 Å². The Morgan fingerprint density at radius 2 is 1.21 bits per heavy atom. The molecule has 2 aromatic carbocycles. The van der Waals surface area contributed by atoms with E-state index in [1.807, 2.05) is 17.0 Å². The predicted molar refractivity (Wildman–Crippen MR) is 117 cm³/mol. The van der Waals surface area contributed by atoms with Crippen molar-refractivity contribution in [3.63, 3.8) is 0 Å². The highest BCUT2D eigenvalue weighted by molar-refractivity contribution is 6.05. The van der Waals surface area contributed by atoms with Gasteiger partial charge in [-0.25, -0.2) is 0 Å². The van der Waals surface area contributed by atoms with Gasteiger partial charge in [-0.2, -0.15) is 0 Å². The quantitative estimate of drug-likeness (QED) is 0.832. The minimum atomic E-state index is -0.160. The van der Waals surface area contributed by atoms with Gasteiger partial charge in [-0.05, 0) is 74.2 Å². The fourth-order valence-electron chi connectivity index (χ4n) is 4.15. The van der Waals surface area contributed by atoms with E-state index >= 15 is 0 Å². The SMILES string of the molecule is O=C(Nc1ccc(N2CCCC2)cc1)c1ccc(C(=O)N2CCCCCC2)cc1. The molecule has 0 atom stereocenters. The third-order valence-electron chi connectivity index (χ3n) is 5.88. The topological polar surface area (TPSA) is 52.7 Å². The Bertz CT molecular complexity index is 831. The summed E-state index contributed by atoms with van der Waals surface area (Å²) < 4.78 is 0. The molecule has 0 aliphatic carbocycles. The lowest BCUT2D eigenvalue weighted by Crippen LogP contribution is -2.31. The van der Waals surface area contributed by atoms with E-state index < -0.39 is 0 Å². The van der Waals surface area contributed by atoms with Crippen molar-refractivity contribution >= 4 is 23.2 Å². The predicted octanol–water partition coefficient (Wildman–Crippen LogP) is 4.56. The van der Waals surface area contributed by atoms with Crippen LogP contribution in [0.5, 0.6) is 0 Å². The third kappa shape index (κ3) is 4.78. The van der Waals surface area contributed by atoms with Crippen molar-refractivity contribution in [3.8, 4) is 0 Å². The number of amides is 2. The third-order valence-corrected chi connectivity index (χ3v) is 5.88. The van der Waals surface area contributed by atoms with Gasteiger partial charge >= 0.3 is 0 Å². The zero-order valence-corrected chi connectivity index (χ0v) is 16.9. The van der Waals surface area contributed by atoms with Crippen LogP contribution in [-0.2, 0) is 0 Å². The summed E-state index contributed by atoms with van der Waals surface area (Å²) in [5.41, 5.74) is 3.19. The molecule has 2 saturated heterocycles. The molecule has 1 N–H and O–H groups in total. The Hall–Kier alpha value is -2.82. The molecule has 0 spiro atoms.